The standard InChI is InChI=1S/C86H62N4O2/c1-85(2,3)63-41-23-37-55-57-39-25-45-69(83(57)91-81(55)63)87(53-31-15-9-16-32-53)67-49-47-61-75-71(51-27-11-7-12-28-51)80-76(72(52-29-13-8-14-30-52)79(75)89-65-43-21-19-35-59(65)73(67)77(61)89)62-48-50-68(74-60-36-20-22-44-66(60)90(80)78(62)74)88(54-33-17-10-18-34-54)70-46-26-40-58-56-38-24-42-64(86(4,5)6)82(56)92-84(58)70/h7-50H,1-6H3. The van der Waals surface area contributed by atoms with Gasteiger partial charge in [-0.15, -0.1) is 0 Å². The molecule has 0 fully saturated rings. The van der Waals surface area contributed by atoms with Crippen LogP contribution in [0.4, 0.5) is 34.1 Å². The summed E-state index contributed by atoms with van der Waals surface area (Å²) in [5.41, 5.74) is 23.6. The van der Waals surface area contributed by atoms with Gasteiger partial charge < -0.3 is 27.4 Å². The first-order valence-electron chi connectivity index (χ1n) is 32.1. The van der Waals surface area contributed by atoms with Gasteiger partial charge in [0.1, 0.15) is 11.2 Å². The largest absolute Gasteiger partial charge is 0.454 e. The van der Waals surface area contributed by atoms with Crippen LogP contribution in [-0.2, 0) is 10.8 Å². The van der Waals surface area contributed by atoms with E-state index in [4.69, 9.17) is 8.83 Å². The first kappa shape index (κ1) is 52.6. The molecule has 0 aliphatic rings. The zero-order chi connectivity index (χ0) is 61.5. The van der Waals surface area contributed by atoms with E-state index in [0.717, 1.165) is 100 Å². The number of anilines is 6. The molecule has 6 heteroatoms. The zero-order valence-electron chi connectivity index (χ0n) is 52.0. The first-order valence-corrected chi connectivity index (χ1v) is 32.1. The molecular weight excluding hydrogens is 1120 g/mol. The second-order valence-corrected chi connectivity index (χ2v) is 27.1. The normalized spacial score (nSPS) is 12.7. The van der Waals surface area contributed by atoms with E-state index in [2.05, 4.69) is 327 Å². The molecule has 0 unspecified atom stereocenters. The Labute approximate surface area is 531 Å². The lowest BCUT2D eigenvalue weighted by Crippen LogP contribution is -2.11. The van der Waals surface area contributed by atoms with Crippen molar-refractivity contribution >= 4 is 154 Å². The molecule has 19 rings (SSSR count). The van der Waals surface area contributed by atoms with Crippen molar-refractivity contribution in [2.24, 2.45) is 0 Å². The molecule has 0 aliphatic heterocycles. The highest BCUT2D eigenvalue weighted by Gasteiger charge is 2.35. The second-order valence-electron chi connectivity index (χ2n) is 27.1. The van der Waals surface area contributed by atoms with Crippen LogP contribution in [0.5, 0.6) is 0 Å². The highest BCUT2D eigenvalue weighted by molar-refractivity contribution is 6.40. The number of hydrogen-bond acceptors (Lipinski definition) is 4. The Morgan fingerprint density at radius 1 is 0.261 bits per heavy atom. The third-order valence-corrected chi connectivity index (χ3v) is 19.8. The molecule has 0 atom stereocenters. The fourth-order valence-electron chi connectivity index (χ4n) is 16.0. The number of furan rings is 2. The summed E-state index contributed by atoms with van der Waals surface area (Å²) in [4.78, 5) is 4.90. The average Bonchev–Trinajstić information content (AvgIpc) is 1.49. The van der Waals surface area contributed by atoms with E-state index in [1.54, 1.807) is 0 Å². The van der Waals surface area contributed by atoms with Crippen LogP contribution in [0.15, 0.2) is 276 Å². The Morgan fingerprint density at radius 3 is 0.989 bits per heavy atom. The van der Waals surface area contributed by atoms with E-state index in [1.807, 2.05) is 0 Å². The molecule has 0 saturated carbocycles. The molecule has 438 valence electrons. The molecule has 6 heterocycles. The van der Waals surface area contributed by atoms with Crippen LogP contribution in [0.3, 0.4) is 0 Å². The fraction of sp³-hybridized carbons (Fsp3) is 0.0930. The first-order chi connectivity index (χ1) is 45.0. The molecule has 19 aromatic rings. The summed E-state index contributed by atoms with van der Waals surface area (Å²) in [5.74, 6) is 0. The minimum atomic E-state index is -0.128. The predicted molar refractivity (Wildman–Crippen MR) is 388 cm³/mol. The number of benzene rings is 13. The summed E-state index contributed by atoms with van der Waals surface area (Å²) < 4.78 is 19.8. The maximum atomic E-state index is 7.26. The maximum Gasteiger partial charge on any atom is 0.159 e. The molecule has 0 amide bonds. The molecule has 0 saturated heterocycles. The summed E-state index contributed by atoms with van der Waals surface area (Å²) >= 11 is 0. The summed E-state index contributed by atoms with van der Waals surface area (Å²) in [7, 11) is 0. The van der Waals surface area contributed by atoms with Crippen LogP contribution in [0, 0.1) is 0 Å². The lowest BCUT2D eigenvalue weighted by molar-refractivity contribution is 0.572. The van der Waals surface area contributed by atoms with Crippen molar-refractivity contribution in [3.63, 3.8) is 0 Å². The topological polar surface area (TPSA) is 41.6 Å². The smallest absolute Gasteiger partial charge is 0.159 e. The minimum absolute atomic E-state index is 0.128. The van der Waals surface area contributed by atoms with Crippen LogP contribution < -0.4 is 9.80 Å². The van der Waals surface area contributed by atoms with E-state index in [-0.39, 0.29) is 10.8 Å². The van der Waals surface area contributed by atoms with Gasteiger partial charge in [-0.1, -0.05) is 248 Å². The van der Waals surface area contributed by atoms with Gasteiger partial charge in [-0.2, -0.15) is 0 Å². The van der Waals surface area contributed by atoms with Gasteiger partial charge in [0.05, 0.1) is 55.8 Å². The molecule has 0 aliphatic carbocycles. The molecule has 0 spiro atoms. The van der Waals surface area contributed by atoms with Gasteiger partial charge in [0.25, 0.3) is 0 Å². The van der Waals surface area contributed by atoms with Crippen molar-refractivity contribution in [3.8, 4) is 22.3 Å². The molecule has 13 aromatic carbocycles. The van der Waals surface area contributed by atoms with Crippen LogP contribution in [0.2, 0.25) is 0 Å². The molecule has 92 heavy (non-hydrogen) atoms. The van der Waals surface area contributed by atoms with Gasteiger partial charge in [0, 0.05) is 98.3 Å². The Balaban J connectivity index is 0.970. The van der Waals surface area contributed by atoms with E-state index in [0.29, 0.717) is 0 Å². The quantitative estimate of drug-likeness (QED) is 0.152. The molecule has 0 bridgehead atoms. The lowest BCUT2D eigenvalue weighted by atomic mass is 9.86. The Bertz CT molecular complexity index is 5810. The number of rotatable bonds is 8. The van der Waals surface area contributed by atoms with Gasteiger partial charge in [0.15, 0.2) is 11.2 Å². The SMILES string of the molecule is CC(C)(C)c1cccc2c1oc1c(N(c3ccccc3)c3ccc4c5c(-c6ccccc6)c6c(c(-c7ccccc7)c5n5c7ccccc7c3c45)c3ccc(N(c4ccccc4)c4cccc5c4oc4c(C(C)(C)C)cccc45)c4c5ccccc5n6c34)cccc12. The molecule has 0 N–H and O–H groups in total. The van der Waals surface area contributed by atoms with E-state index in [9.17, 15) is 0 Å². The number of aromatic nitrogens is 2. The van der Waals surface area contributed by atoms with Crippen LogP contribution in [0.1, 0.15) is 52.7 Å². The van der Waals surface area contributed by atoms with Gasteiger partial charge >= 0.3 is 0 Å². The molecular formula is C86H62N4O2. The van der Waals surface area contributed by atoms with Gasteiger partial charge in [-0.25, -0.2) is 0 Å². The third-order valence-electron chi connectivity index (χ3n) is 19.8. The zero-order valence-corrected chi connectivity index (χ0v) is 52.0. The van der Waals surface area contributed by atoms with Crippen molar-refractivity contribution < 1.29 is 8.83 Å². The third kappa shape index (κ3) is 7.20. The number of para-hydroxylation sites is 8. The predicted octanol–water partition coefficient (Wildman–Crippen LogP) is 24.7. The number of hydrogen-bond donors (Lipinski definition) is 0. The van der Waals surface area contributed by atoms with Crippen molar-refractivity contribution in [2.75, 3.05) is 9.80 Å². The highest BCUT2D eigenvalue weighted by atomic mass is 16.3. The van der Waals surface area contributed by atoms with Crippen LogP contribution in [-0.4, -0.2) is 8.80 Å². The van der Waals surface area contributed by atoms with Gasteiger partial charge in [0.2, 0.25) is 0 Å². The summed E-state index contributed by atoms with van der Waals surface area (Å²) in [6.45, 7) is 13.6. The number of nitrogens with zero attached hydrogens (tertiary/aromatic N) is 4. The second kappa shape index (κ2) is 19.1. The average molecular weight is 1180 g/mol. The van der Waals surface area contributed by atoms with E-state index in [1.165, 1.54) is 87.4 Å². The lowest BCUT2D eigenvalue weighted by Gasteiger charge is -2.26. The summed E-state index contributed by atoms with van der Waals surface area (Å²) in [6, 6.07) is 98.4. The van der Waals surface area contributed by atoms with Crippen LogP contribution >= 0.6 is 0 Å². The Kier molecular flexibility index (Phi) is 10.9. The molecule has 6 aromatic heterocycles. The monoisotopic (exact) mass is 1180 g/mol. The van der Waals surface area contributed by atoms with Crippen molar-refractivity contribution in [1.29, 1.82) is 0 Å². The molecule has 6 nitrogen and oxygen atoms in total. The van der Waals surface area contributed by atoms with E-state index >= 15 is 0 Å². The van der Waals surface area contributed by atoms with Crippen molar-refractivity contribution in [1.82, 2.24) is 8.80 Å². The van der Waals surface area contributed by atoms with Gasteiger partial charge in [-0.05, 0) is 82.6 Å². The number of fused-ring (bicyclic) bond motifs is 18. The van der Waals surface area contributed by atoms with Crippen molar-refractivity contribution in [3.05, 3.63) is 278 Å². The maximum absolute atomic E-state index is 7.26. The Morgan fingerprint density at radius 2 is 0.598 bits per heavy atom. The fourth-order valence-corrected chi connectivity index (χ4v) is 16.0. The van der Waals surface area contributed by atoms with Crippen LogP contribution in [0.25, 0.3) is 142 Å². The van der Waals surface area contributed by atoms with Crippen molar-refractivity contribution in [2.45, 2.75) is 52.4 Å². The molecule has 0 radical (unpaired) electrons. The summed E-state index contributed by atoms with van der Waals surface area (Å²) in [5, 5.41) is 13.9. The van der Waals surface area contributed by atoms with Gasteiger partial charge in [-0.3, -0.25) is 0 Å². The minimum Gasteiger partial charge on any atom is -0.454 e. The summed E-state index contributed by atoms with van der Waals surface area (Å²) in [6.07, 6.45) is 0. The van der Waals surface area contributed by atoms with E-state index < -0.39 is 0 Å². The highest BCUT2D eigenvalue weighted by Crippen LogP contribution is 2.58. The Hall–Kier alpha value is -11.3.